The summed E-state index contributed by atoms with van der Waals surface area (Å²) in [4.78, 5) is 14.3. The fourth-order valence-electron chi connectivity index (χ4n) is 1.24. The second-order valence-electron chi connectivity index (χ2n) is 3.36. The SMILES string of the molecule is O=C(O)c1ccc(Oc2ccc(F)c(Br)c2)cn1. The first-order valence-corrected chi connectivity index (χ1v) is 5.68. The average Bonchev–Trinajstić information content (AvgIpc) is 2.34. The van der Waals surface area contributed by atoms with Gasteiger partial charge < -0.3 is 9.84 Å². The van der Waals surface area contributed by atoms with Crippen molar-refractivity contribution >= 4 is 21.9 Å². The van der Waals surface area contributed by atoms with Crippen molar-refractivity contribution in [2.24, 2.45) is 0 Å². The molecule has 0 aliphatic heterocycles. The molecule has 0 atom stereocenters. The van der Waals surface area contributed by atoms with Crippen LogP contribution in [0.5, 0.6) is 11.5 Å². The van der Waals surface area contributed by atoms with Crippen LogP contribution in [-0.2, 0) is 0 Å². The van der Waals surface area contributed by atoms with E-state index < -0.39 is 5.97 Å². The first-order chi connectivity index (χ1) is 8.56. The van der Waals surface area contributed by atoms with E-state index in [1.165, 1.54) is 36.5 Å². The highest BCUT2D eigenvalue weighted by atomic mass is 79.9. The zero-order chi connectivity index (χ0) is 13.1. The standard InChI is InChI=1S/C12H7BrFNO3/c13-9-5-7(1-3-10(9)14)18-8-2-4-11(12(16)17)15-6-8/h1-6H,(H,16,17). The lowest BCUT2D eigenvalue weighted by atomic mass is 10.3. The van der Waals surface area contributed by atoms with Gasteiger partial charge in [0.05, 0.1) is 10.7 Å². The monoisotopic (exact) mass is 311 g/mol. The van der Waals surface area contributed by atoms with Gasteiger partial charge in [-0.15, -0.1) is 0 Å². The molecule has 4 nitrogen and oxygen atoms in total. The molecule has 0 bridgehead atoms. The molecule has 6 heteroatoms. The molecule has 1 aromatic heterocycles. The molecule has 1 N–H and O–H groups in total. The second-order valence-corrected chi connectivity index (χ2v) is 4.22. The van der Waals surface area contributed by atoms with Crippen LogP contribution in [0.2, 0.25) is 0 Å². The largest absolute Gasteiger partial charge is 0.477 e. The summed E-state index contributed by atoms with van der Waals surface area (Å²) in [6.45, 7) is 0. The molecule has 18 heavy (non-hydrogen) atoms. The summed E-state index contributed by atoms with van der Waals surface area (Å²) in [7, 11) is 0. The number of hydrogen-bond acceptors (Lipinski definition) is 3. The third kappa shape index (κ3) is 2.84. The fraction of sp³-hybridized carbons (Fsp3) is 0. The summed E-state index contributed by atoms with van der Waals surface area (Å²) in [6.07, 6.45) is 1.29. The Kier molecular flexibility index (Phi) is 3.57. The maximum absolute atomic E-state index is 13.0. The van der Waals surface area contributed by atoms with E-state index in [9.17, 15) is 9.18 Å². The van der Waals surface area contributed by atoms with Gasteiger partial charge in [-0.2, -0.15) is 0 Å². The Bertz CT molecular complexity index is 586. The molecule has 0 aliphatic carbocycles. The van der Waals surface area contributed by atoms with Crippen LogP contribution in [0, 0.1) is 5.82 Å². The molecule has 1 aromatic carbocycles. The van der Waals surface area contributed by atoms with Gasteiger partial charge in [-0.3, -0.25) is 0 Å². The lowest BCUT2D eigenvalue weighted by molar-refractivity contribution is 0.0690. The summed E-state index contributed by atoms with van der Waals surface area (Å²) in [5, 5.41) is 8.68. The number of benzene rings is 1. The first-order valence-electron chi connectivity index (χ1n) is 4.88. The summed E-state index contributed by atoms with van der Waals surface area (Å²) in [5.74, 6) is -0.695. The Balaban J connectivity index is 2.18. The van der Waals surface area contributed by atoms with Crippen molar-refractivity contribution in [3.63, 3.8) is 0 Å². The van der Waals surface area contributed by atoms with E-state index in [1.807, 2.05) is 0 Å². The third-order valence-electron chi connectivity index (χ3n) is 2.08. The van der Waals surface area contributed by atoms with Crippen molar-refractivity contribution in [3.05, 3.63) is 52.5 Å². The Morgan fingerprint density at radius 3 is 2.56 bits per heavy atom. The van der Waals surface area contributed by atoms with E-state index in [2.05, 4.69) is 20.9 Å². The Morgan fingerprint density at radius 2 is 2.00 bits per heavy atom. The predicted octanol–water partition coefficient (Wildman–Crippen LogP) is 3.47. The van der Waals surface area contributed by atoms with Crippen molar-refractivity contribution in [1.29, 1.82) is 0 Å². The highest BCUT2D eigenvalue weighted by Crippen LogP contribution is 2.25. The van der Waals surface area contributed by atoms with Crippen molar-refractivity contribution in [3.8, 4) is 11.5 Å². The summed E-state index contributed by atoms with van der Waals surface area (Å²) in [5.41, 5.74) is -0.0670. The lowest BCUT2D eigenvalue weighted by Crippen LogP contribution is -1.99. The number of ether oxygens (including phenoxy) is 1. The van der Waals surface area contributed by atoms with E-state index in [-0.39, 0.29) is 16.0 Å². The van der Waals surface area contributed by atoms with Gasteiger partial charge in [-0.25, -0.2) is 14.2 Å². The zero-order valence-corrected chi connectivity index (χ0v) is 10.5. The van der Waals surface area contributed by atoms with Crippen LogP contribution in [0.15, 0.2) is 41.0 Å². The number of aromatic carboxylic acids is 1. The molecule has 2 aromatic rings. The number of carbonyl (C=O) groups is 1. The Labute approximate surface area is 110 Å². The van der Waals surface area contributed by atoms with Crippen LogP contribution < -0.4 is 4.74 Å². The van der Waals surface area contributed by atoms with Gasteiger partial charge in [0.1, 0.15) is 23.0 Å². The minimum atomic E-state index is -1.11. The van der Waals surface area contributed by atoms with Gasteiger partial charge in [0.25, 0.3) is 0 Å². The topological polar surface area (TPSA) is 59.4 Å². The van der Waals surface area contributed by atoms with Crippen LogP contribution in [0.3, 0.4) is 0 Å². The molecule has 0 amide bonds. The van der Waals surface area contributed by atoms with Crippen molar-refractivity contribution < 1.29 is 19.0 Å². The lowest BCUT2D eigenvalue weighted by Gasteiger charge is -2.06. The van der Waals surface area contributed by atoms with Gasteiger partial charge >= 0.3 is 5.97 Å². The number of rotatable bonds is 3. The maximum Gasteiger partial charge on any atom is 0.354 e. The van der Waals surface area contributed by atoms with E-state index in [1.54, 1.807) is 0 Å². The van der Waals surface area contributed by atoms with Gasteiger partial charge in [0.2, 0.25) is 0 Å². The van der Waals surface area contributed by atoms with Crippen LogP contribution in [0.1, 0.15) is 10.5 Å². The predicted molar refractivity (Wildman–Crippen MR) is 65.4 cm³/mol. The fourth-order valence-corrected chi connectivity index (χ4v) is 1.60. The molecule has 0 radical (unpaired) electrons. The first kappa shape index (κ1) is 12.5. The Hall–Kier alpha value is -1.95. The van der Waals surface area contributed by atoms with E-state index in [4.69, 9.17) is 9.84 Å². The molecule has 0 fully saturated rings. The third-order valence-corrected chi connectivity index (χ3v) is 2.69. The number of carboxylic acids is 1. The highest BCUT2D eigenvalue weighted by Gasteiger charge is 2.06. The summed E-state index contributed by atoms with van der Waals surface area (Å²) >= 11 is 3.04. The second kappa shape index (κ2) is 5.14. The van der Waals surface area contributed by atoms with E-state index in [0.29, 0.717) is 11.5 Å². The Morgan fingerprint density at radius 1 is 1.28 bits per heavy atom. The summed E-state index contributed by atoms with van der Waals surface area (Å²) < 4.78 is 18.7. The molecular formula is C12H7BrFNO3. The van der Waals surface area contributed by atoms with Crippen molar-refractivity contribution in [2.75, 3.05) is 0 Å². The number of carboxylic acid groups (broad SMARTS) is 1. The molecule has 1 heterocycles. The molecule has 0 unspecified atom stereocenters. The van der Waals surface area contributed by atoms with Crippen LogP contribution in [0.4, 0.5) is 4.39 Å². The van der Waals surface area contributed by atoms with Crippen molar-refractivity contribution in [2.45, 2.75) is 0 Å². The minimum absolute atomic E-state index is 0.0670. The molecule has 2 rings (SSSR count). The van der Waals surface area contributed by atoms with Gasteiger partial charge in [-0.1, -0.05) is 0 Å². The van der Waals surface area contributed by atoms with E-state index in [0.717, 1.165) is 0 Å². The van der Waals surface area contributed by atoms with Crippen LogP contribution in [-0.4, -0.2) is 16.1 Å². The molecule has 0 saturated heterocycles. The van der Waals surface area contributed by atoms with Crippen LogP contribution in [0.25, 0.3) is 0 Å². The van der Waals surface area contributed by atoms with E-state index >= 15 is 0 Å². The van der Waals surface area contributed by atoms with Crippen LogP contribution >= 0.6 is 15.9 Å². The number of nitrogens with zero attached hydrogens (tertiary/aromatic N) is 1. The molecule has 0 saturated carbocycles. The number of aromatic nitrogens is 1. The number of halogens is 2. The molecule has 0 aliphatic rings. The minimum Gasteiger partial charge on any atom is -0.477 e. The molecular weight excluding hydrogens is 305 g/mol. The molecule has 92 valence electrons. The normalized spacial score (nSPS) is 10.1. The number of pyridine rings is 1. The van der Waals surface area contributed by atoms with Gasteiger partial charge in [0, 0.05) is 0 Å². The molecule has 0 spiro atoms. The quantitative estimate of drug-likeness (QED) is 0.943. The highest BCUT2D eigenvalue weighted by molar-refractivity contribution is 9.10. The zero-order valence-electron chi connectivity index (χ0n) is 8.93. The van der Waals surface area contributed by atoms with Crippen molar-refractivity contribution in [1.82, 2.24) is 4.98 Å². The van der Waals surface area contributed by atoms with Gasteiger partial charge in [-0.05, 0) is 46.3 Å². The summed E-state index contributed by atoms with van der Waals surface area (Å²) in [6, 6.07) is 7.01. The maximum atomic E-state index is 13.0. The average molecular weight is 312 g/mol. The van der Waals surface area contributed by atoms with Gasteiger partial charge in [0.15, 0.2) is 0 Å². The smallest absolute Gasteiger partial charge is 0.354 e. The number of hydrogen-bond donors (Lipinski definition) is 1.